The Labute approximate surface area is 124 Å². The summed E-state index contributed by atoms with van der Waals surface area (Å²) in [7, 11) is 0. The third-order valence-electron chi connectivity index (χ3n) is 5.44. The quantitative estimate of drug-likeness (QED) is 0.776. The standard InChI is InChI=1S/C17H32N2O/c1-2-5-16-6-3-4-10-19(16)13-17(9-11-20-14-17)12-18-15-7-8-15/h15-16,18H,2-14H2,1H3. The van der Waals surface area contributed by atoms with Crippen molar-refractivity contribution in [2.45, 2.75) is 70.4 Å². The van der Waals surface area contributed by atoms with Crippen LogP contribution in [-0.2, 0) is 4.74 Å². The van der Waals surface area contributed by atoms with E-state index < -0.39 is 0 Å². The van der Waals surface area contributed by atoms with E-state index in [-0.39, 0.29) is 0 Å². The first kappa shape index (κ1) is 14.8. The van der Waals surface area contributed by atoms with Crippen LogP contribution in [0.2, 0.25) is 0 Å². The van der Waals surface area contributed by atoms with E-state index >= 15 is 0 Å². The van der Waals surface area contributed by atoms with Crippen molar-refractivity contribution in [1.82, 2.24) is 10.2 Å². The molecule has 0 spiro atoms. The SMILES string of the molecule is CCCC1CCCCN1CC1(CNC2CC2)CCOC1. The summed E-state index contributed by atoms with van der Waals surface area (Å²) in [4.78, 5) is 2.80. The van der Waals surface area contributed by atoms with Crippen molar-refractivity contribution in [3.8, 4) is 0 Å². The number of likely N-dealkylation sites (tertiary alicyclic amines) is 1. The molecular weight excluding hydrogens is 248 g/mol. The lowest BCUT2D eigenvalue weighted by Gasteiger charge is -2.41. The summed E-state index contributed by atoms with van der Waals surface area (Å²) in [6, 6.07) is 1.66. The van der Waals surface area contributed by atoms with Crippen LogP contribution in [0.15, 0.2) is 0 Å². The van der Waals surface area contributed by atoms with E-state index in [1.54, 1.807) is 0 Å². The van der Waals surface area contributed by atoms with Gasteiger partial charge in [-0.25, -0.2) is 0 Å². The molecule has 1 N–H and O–H groups in total. The van der Waals surface area contributed by atoms with Gasteiger partial charge in [0.1, 0.15) is 0 Å². The molecule has 0 aromatic carbocycles. The number of nitrogens with one attached hydrogen (secondary N) is 1. The summed E-state index contributed by atoms with van der Waals surface area (Å²) < 4.78 is 5.78. The molecule has 1 saturated carbocycles. The van der Waals surface area contributed by atoms with Gasteiger partial charge in [-0.3, -0.25) is 4.90 Å². The molecule has 3 aliphatic rings. The van der Waals surface area contributed by atoms with Gasteiger partial charge in [0.05, 0.1) is 6.61 Å². The highest BCUT2D eigenvalue weighted by molar-refractivity contribution is 4.93. The Hall–Kier alpha value is -0.120. The highest BCUT2D eigenvalue weighted by Crippen LogP contribution is 2.33. The number of ether oxygens (including phenoxy) is 1. The molecule has 0 aromatic rings. The van der Waals surface area contributed by atoms with Crippen molar-refractivity contribution in [2.75, 3.05) is 32.8 Å². The predicted molar refractivity (Wildman–Crippen MR) is 83.0 cm³/mol. The number of hydrogen-bond donors (Lipinski definition) is 1. The fourth-order valence-corrected chi connectivity index (χ4v) is 3.98. The topological polar surface area (TPSA) is 24.5 Å². The van der Waals surface area contributed by atoms with Gasteiger partial charge in [0, 0.05) is 37.2 Å². The molecule has 3 rings (SSSR count). The molecule has 2 saturated heterocycles. The van der Waals surface area contributed by atoms with Gasteiger partial charge in [0.25, 0.3) is 0 Å². The largest absolute Gasteiger partial charge is 0.381 e. The maximum absolute atomic E-state index is 5.78. The lowest BCUT2D eigenvalue weighted by atomic mass is 9.84. The van der Waals surface area contributed by atoms with Crippen LogP contribution in [0.3, 0.4) is 0 Å². The maximum atomic E-state index is 5.78. The van der Waals surface area contributed by atoms with Crippen molar-refractivity contribution in [2.24, 2.45) is 5.41 Å². The molecule has 0 amide bonds. The highest BCUT2D eigenvalue weighted by Gasteiger charge is 2.39. The fraction of sp³-hybridized carbons (Fsp3) is 1.00. The summed E-state index contributed by atoms with van der Waals surface area (Å²) in [6.07, 6.45) is 11.0. The molecule has 2 heterocycles. The molecule has 1 aliphatic carbocycles. The zero-order chi connectivity index (χ0) is 13.8. The second kappa shape index (κ2) is 6.76. The van der Waals surface area contributed by atoms with Crippen molar-refractivity contribution in [3.05, 3.63) is 0 Å². The Morgan fingerprint density at radius 2 is 2.15 bits per heavy atom. The van der Waals surface area contributed by atoms with E-state index in [0.29, 0.717) is 5.41 Å². The fourth-order valence-electron chi connectivity index (χ4n) is 3.98. The Morgan fingerprint density at radius 1 is 1.25 bits per heavy atom. The molecule has 20 heavy (non-hydrogen) atoms. The van der Waals surface area contributed by atoms with Crippen molar-refractivity contribution < 1.29 is 4.74 Å². The van der Waals surface area contributed by atoms with E-state index in [1.807, 2.05) is 0 Å². The van der Waals surface area contributed by atoms with Gasteiger partial charge >= 0.3 is 0 Å². The zero-order valence-corrected chi connectivity index (χ0v) is 13.2. The molecule has 2 aliphatic heterocycles. The van der Waals surface area contributed by atoms with Crippen molar-refractivity contribution in [3.63, 3.8) is 0 Å². The molecule has 3 nitrogen and oxygen atoms in total. The minimum atomic E-state index is 0.395. The smallest absolute Gasteiger partial charge is 0.0547 e. The van der Waals surface area contributed by atoms with Gasteiger partial charge in [-0.2, -0.15) is 0 Å². The lowest BCUT2D eigenvalue weighted by molar-refractivity contribution is 0.0619. The summed E-state index contributed by atoms with van der Waals surface area (Å²) >= 11 is 0. The Morgan fingerprint density at radius 3 is 2.85 bits per heavy atom. The van der Waals surface area contributed by atoms with Gasteiger partial charge in [-0.15, -0.1) is 0 Å². The minimum absolute atomic E-state index is 0.395. The van der Waals surface area contributed by atoms with Crippen molar-refractivity contribution in [1.29, 1.82) is 0 Å². The van der Waals surface area contributed by atoms with Crippen LogP contribution in [0.25, 0.3) is 0 Å². The predicted octanol–water partition coefficient (Wildman–Crippen LogP) is 2.80. The molecule has 116 valence electrons. The average Bonchev–Trinajstić information content (AvgIpc) is 3.19. The normalized spacial score (nSPS) is 35.5. The van der Waals surface area contributed by atoms with Crippen LogP contribution in [0.5, 0.6) is 0 Å². The summed E-state index contributed by atoms with van der Waals surface area (Å²) in [5.41, 5.74) is 0.395. The van der Waals surface area contributed by atoms with E-state index in [4.69, 9.17) is 4.74 Å². The number of hydrogen-bond acceptors (Lipinski definition) is 3. The van der Waals surface area contributed by atoms with Crippen LogP contribution in [0, 0.1) is 5.41 Å². The number of piperidine rings is 1. The van der Waals surface area contributed by atoms with Gasteiger partial charge < -0.3 is 10.1 Å². The molecule has 0 radical (unpaired) electrons. The van der Waals surface area contributed by atoms with Crippen LogP contribution in [-0.4, -0.2) is 49.8 Å². The molecule has 2 atom stereocenters. The lowest BCUT2D eigenvalue weighted by Crippen LogP contribution is -2.50. The number of nitrogens with zero attached hydrogens (tertiary/aromatic N) is 1. The van der Waals surface area contributed by atoms with Crippen LogP contribution < -0.4 is 5.32 Å². The highest BCUT2D eigenvalue weighted by atomic mass is 16.5. The first-order valence-electron chi connectivity index (χ1n) is 8.86. The third kappa shape index (κ3) is 3.75. The van der Waals surface area contributed by atoms with E-state index in [9.17, 15) is 0 Å². The van der Waals surface area contributed by atoms with Crippen LogP contribution in [0.4, 0.5) is 0 Å². The second-order valence-electron chi connectivity index (χ2n) is 7.37. The summed E-state index contributed by atoms with van der Waals surface area (Å²) in [5.74, 6) is 0. The summed E-state index contributed by atoms with van der Waals surface area (Å²) in [6.45, 7) is 8.02. The van der Waals surface area contributed by atoms with Gasteiger partial charge in [-0.05, 0) is 45.1 Å². The van der Waals surface area contributed by atoms with Gasteiger partial charge in [-0.1, -0.05) is 19.8 Å². The minimum Gasteiger partial charge on any atom is -0.381 e. The molecule has 2 unspecified atom stereocenters. The zero-order valence-electron chi connectivity index (χ0n) is 13.2. The van der Waals surface area contributed by atoms with Gasteiger partial charge in [0.15, 0.2) is 0 Å². The maximum Gasteiger partial charge on any atom is 0.0547 e. The first-order chi connectivity index (χ1) is 9.81. The van der Waals surface area contributed by atoms with Crippen LogP contribution >= 0.6 is 0 Å². The Bertz CT molecular complexity index is 295. The van der Waals surface area contributed by atoms with Gasteiger partial charge in [0.2, 0.25) is 0 Å². The monoisotopic (exact) mass is 280 g/mol. The Balaban J connectivity index is 1.58. The van der Waals surface area contributed by atoms with E-state index in [2.05, 4.69) is 17.1 Å². The second-order valence-corrected chi connectivity index (χ2v) is 7.37. The number of rotatable bonds is 7. The molecule has 3 fully saturated rings. The van der Waals surface area contributed by atoms with Crippen LogP contribution in [0.1, 0.15) is 58.3 Å². The average molecular weight is 280 g/mol. The Kier molecular flexibility index (Phi) is 5.00. The van der Waals surface area contributed by atoms with E-state index in [1.165, 1.54) is 71.0 Å². The molecular formula is C17H32N2O. The first-order valence-corrected chi connectivity index (χ1v) is 8.86. The van der Waals surface area contributed by atoms with Crippen molar-refractivity contribution >= 4 is 0 Å². The summed E-state index contributed by atoms with van der Waals surface area (Å²) in [5, 5.41) is 3.77. The van der Waals surface area contributed by atoms with E-state index in [0.717, 1.165) is 25.3 Å². The molecule has 0 bridgehead atoms. The molecule has 0 aromatic heterocycles. The molecule has 3 heteroatoms. The third-order valence-corrected chi connectivity index (χ3v) is 5.44.